The summed E-state index contributed by atoms with van der Waals surface area (Å²) in [5.41, 5.74) is 2.01. The molecule has 5 rings (SSSR count). The van der Waals surface area contributed by atoms with E-state index in [1.807, 2.05) is 30.3 Å². The van der Waals surface area contributed by atoms with Crippen LogP contribution in [0.15, 0.2) is 65.9 Å². The third kappa shape index (κ3) is 4.39. The third-order valence-corrected chi connectivity index (χ3v) is 6.29. The lowest BCUT2D eigenvalue weighted by atomic mass is 10.1. The summed E-state index contributed by atoms with van der Waals surface area (Å²) in [5.74, 6) is -1.08. The molecule has 36 heavy (non-hydrogen) atoms. The molecule has 12 heteroatoms. The number of fused-ring (bicyclic) bond motifs is 2. The molecule has 3 heterocycles. The molecule has 1 aliphatic heterocycles. The van der Waals surface area contributed by atoms with E-state index in [-0.39, 0.29) is 10.5 Å². The van der Waals surface area contributed by atoms with Crippen LogP contribution in [0.3, 0.4) is 0 Å². The molecule has 0 saturated carbocycles. The maximum Gasteiger partial charge on any atom is 0.507 e. The number of hydrogen-bond donors (Lipinski definition) is 0. The highest BCUT2D eigenvalue weighted by molar-refractivity contribution is 7.09. The minimum atomic E-state index is -4.83. The number of thiazole rings is 1. The fourth-order valence-electron chi connectivity index (χ4n) is 3.66. The van der Waals surface area contributed by atoms with Crippen LogP contribution in [0.25, 0.3) is 16.6 Å². The van der Waals surface area contributed by atoms with Crippen molar-refractivity contribution in [1.29, 1.82) is 0 Å². The van der Waals surface area contributed by atoms with E-state index in [0.29, 0.717) is 6.54 Å². The highest BCUT2D eigenvalue weighted by atomic mass is 32.1. The highest BCUT2D eigenvalue weighted by Crippen LogP contribution is 2.47. The van der Waals surface area contributed by atoms with Crippen molar-refractivity contribution in [1.82, 2.24) is 14.5 Å². The molecule has 0 saturated heterocycles. The first-order valence-electron chi connectivity index (χ1n) is 10.6. The predicted molar refractivity (Wildman–Crippen MR) is 124 cm³/mol. The van der Waals surface area contributed by atoms with E-state index in [2.05, 4.69) is 19.5 Å². The lowest BCUT2D eigenvalue weighted by molar-refractivity contribution is -0.391. The van der Waals surface area contributed by atoms with E-state index in [4.69, 9.17) is 0 Å². The summed E-state index contributed by atoms with van der Waals surface area (Å²) in [6.07, 6.45) is -6.28. The highest BCUT2D eigenvalue weighted by Gasteiger charge is 2.65. The summed E-state index contributed by atoms with van der Waals surface area (Å²) in [4.78, 5) is 23.8. The summed E-state index contributed by atoms with van der Waals surface area (Å²) in [6, 6.07) is 12.5. The van der Waals surface area contributed by atoms with E-state index in [1.165, 1.54) is 26.9 Å². The van der Waals surface area contributed by atoms with E-state index < -0.39 is 29.7 Å². The summed E-state index contributed by atoms with van der Waals surface area (Å²) < 4.78 is 64.0. The van der Waals surface area contributed by atoms with Crippen LogP contribution in [0.2, 0.25) is 0 Å². The largest absolute Gasteiger partial charge is 0.507 e. The van der Waals surface area contributed by atoms with Crippen molar-refractivity contribution in [3.8, 4) is 17.2 Å². The molecule has 186 valence electrons. The van der Waals surface area contributed by atoms with Gasteiger partial charge in [-0.15, -0.1) is 11.3 Å². The standard InChI is InChI=1S/C24H18F4N4O3S/c1-14-12-32(17-6-8-19-20(11-17)35-24(27,28)23(25,26)34-19)22(36-14)30-21(33)31(2)13-15-5-7-18-16(10-15)4-3-9-29-18/h3-12H,13H2,1-2H3/b30-22-. The number of amides is 2. The number of halogens is 4. The molecule has 0 N–H and O–H groups in total. The maximum atomic E-state index is 13.6. The Labute approximate surface area is 205 Å². The minimum Gasteiger partial charge on any atom is -0.421 e. The molecule has 0 spiro atoms. The smallest absolute Gasteiger partial charge is 0.421 e. The van der Waals surface area contributed by atoms with Crippen molar-refractivity contribution in [3.05, 3.63) is 76.2 Å². The zero-order chi connectivity index (χ0) is 25.7. The van der Waals surface area contributed by atoms with Crippen LogP contribution < -0.4 is 14.3 Å². The van der Waals surface area contributed by atoms with Gasteiger partial charge in [-0.3, -0.25) is 9.55 Å². The van der Waals surface area contributed by atoms with Gasteiger partial charge in [-0.05, 0) is 42.8 Å². The van der Waals surface area contributed by atoms with Crippen LogP contribution >= 0.6 is 11.3 Å². The second kappa shape index (κ2) is 8.63. The van der Waals surface area contributed by atoms with Crippen LogP contribution in [-0.4, -0.2) is 39.7 Å². The Kier molecular flexibility index (Phi) is 5.70. The molecule has 0 bridgehead atoms. The molecule has 2 aromatic heterocycles. The monoisotopic (exact) mass is 518 g/mol. The van der Waals surface area contributed by atoms with Crippen molar-refractivity contribution in [2.45, 2.75) is 25.7 Å². The SMILES string of the molecule is Cc1cn(-c2ccc3c(c2)OC(F)(F)C(F)(F)O3)/c(=N/C(=O)N(C)Cc2ccc3ncccc3c2)s1. The van der Waals surface area contributed by atoms with E-state index in [1.54, 1.807) is 26.4 Å². The Balaban J connectivity index is 1.42. The number of nitrogens with zero attached hydrogens (tertiary/aromatic N) is 4. The predicted octanol–water partition coefficient (Wildman–Crippen LogP) is 5.50. The molecule has 0 aliphatic carbocycles. The van der Waals surface area contributed by atoms with Gasteiger partial charge < -0.3 is 14.4 Å². The molecule has 7 nitrogen and oxygen atoms in total. The fourth-order valence-corrected chi connectivity index (χ4v) is 4.48. The van der Waals surface area contributed by atoms with Gasteiger partial charge in [-0.1, -0.05) is 12.1 Å². The minimum absolute atomic E-state index is 0.265. The number of ether oxygens (including phenoxy) is 2. The molecular weight excluding hydrogens is 500 g/mol. The molecule has 0 atom stereocenters. The van der Waals surface area contributed by atoms with Gasteiger partial charge in [-0.2, -0.15) is 22.6 Å². The van der Waals surface area contributed by atoms with Crippen LogP contribution in [0.4, 0.5) is 22.4 Å². The average molecular weight is 518 g/mol. The average Bonchev–Trinajstić information content (AvgIpc) is 3.18. The number of pyridine rings is 1. The first-order valence-corrected chi connectivity index (χ1v) is 11.4. The Morgan fingerprint density at radius 3 is 2.61 bits per heavy atom. The first-order chi connectivity index (χ1) is 17.0. The molecule has 0 radical (unpaired) electrons. The zero-order valence-corrected chi connectivity index (χ0v) is 19.7. The van der Waals surface area contributed by atoms with Crippen molar-refractivity contribution < 1.29 is 31.8 Å². The fraction of sp³-hybridized carbons (Fsp3) is 0.208. The summed E-state index contributed by atoms with van der Waals surface area (Å²) in [7, 11) is 1.61. The lowest BCUT2D eigenvalue weighted by Gasteiger charge is -2.31. The number of urea groups is 1. The van der Waals surface area contributed by atoms with E-state index in [0.717, 1.165) is 33.5 Å². The second-order valence-electron chi connectivity index (χ2n) is 8.14. The van der Waals surface area contributed by atoms with E-state index >= 15 is 0 Å². The van der Waals surface area contributed by atoms with Gasteiger partial charge in [0.1, 0.15) is 0 Å². The second-order valence-corrected chi connectivity index (χ2v) is 9.36. The Morgan fingerprint density at radius 2 is 1.83 bits per heavy atom. The maximum absolute atomic E-state index is 13.6. The zero-order valence-electron chi connectivity index (χ0n) is 18.9. The molecule has 4 aromatic rings. The van der Waals surface area contributed by atoms with Crippen LogP contribution in [0.5, 0.6) is 11.5 Å². The van der Waals surface area contributed by atoms with Crippen LogP contribution in [-0.2, 0) is 6.54 Å². The van der Waals surface area contributed by atoms with E-state index in [9.17, 15) is 22.4 Å². The van der Waals surface area contributed by atoms with Crippen molar-refractivity contribution in [3.63, 3.8) is 0 Å². The third-order valence-electron chi connectivity index (χ3n) is 5.39. The Morgan fingerprint density at radius 1 is 1.08 bits per heavy atom. The molecule has 1 aliphatic rings. The number of carbonyl (C=O) groups is 1. The van der Waals surface area contributed by atoms with Crippen molar-refractivity contribution >= 4 is 28.3 Å². The van der Waals surface area contributed by atoms with Crippen molar-refractivity contribution in [2.75, 3.05) is 7.05 Å². The lowest BCUT2D eigenvalue weighted by Crippen LogP contribution is -2.52. The summed E-state index contributed by atoms with van der Waals surface area (Å²) in [6.45, 7) is 2.08. The number of aryl methyl sites for hydroxylation is 1. The van der Waals surface area contributed by atoms with Gasteiger partial charge in [0.15, 0.2) is 16.3 Å². The molecule has 0 fully saturated rings. The van der Waals surface area contributed by atoms with Crippen molar-refractivity contribution in [2.24, 2.45) is 4.99 Å². The van der Waals surface area contributed by atoms with Gasteiger partial charge >= 0.3 is 18.2 Å². The number of aromatic nitrogens is 2. The number of benzene rings is 2. The Bertz CT molecular complexity index is 1550. The van der Waals surface area contributed by atoms with Gasteiger partial charge in [0, 0.05) is 42.3 Å². The molecule has 2 amide bonds. The van der Waals surface area contributed by atoms with Gasteiger partial charge in [0.2, 0.25) is 0 Å². The Hall–Kier alpha value is -3.93. The number of alkyl halides is 4. The topological polar surface area (TPSA) is 69.0 Å². The van der Waals surface area contributed by atoms with Gasteiger partial charge in [0.25, 0.3) is 0 Å². The number of hydrogen-bond acceptors (Lipinski definition) is 5. The summed E-state index contributed by atoms with van der Waals surface area (Å²) >= 11 is 1.20. The van der Waals surface area contributed by atoms with Gasteiger partial charge in [0.05, 0.1) is 11.2 Å². The van der Waals surface area contributed by atoms with Crippen LogP contribution in [0, 0.1) is 6.92 Å². The quantitative estimate of drug-likeness (QED) is 0.336. The molecule has 0 unspecified atom stereocenters. The van der Waals surface area contributed by atoms with Crippen LogP contribution in [0.1, 0.15) is 10.4 Å². The first kappa shape index (κ1) is 23.8. The van der Waals surface area contributed by atoms with Gasteiger partial charge in [-0.25, -0.2) is 4.79 Å². The molecular formula is C24H18F4N4O3S. The normalized spacial score (nSPS) is 16.2. The number of rotatable bonds is 3. The number of carbonyl (C=O) groups excluding carboxylic acids is 1. The molecule has 2 aromatic carbocycles. The summed E-state index contributed by atoms with van der Waals surface area (Å²) in [5, 5.41) is 0.946.